The molecule has 2 amide bonds. The zero-order valence-corrected chi connectivity index (χ0v) is 22.3. The van der Waals surface area contributed by atoms with Gasteiger partial charge in [-0.3, -0.25) is 9.59 Å². The van der Waals surface area contributed by atoms with Crippen LogP contribution in [0.3, 0.4) is 0 Å². The average Bonchev–Trinajstić information content (AvgIpc) is 2.80. The van der Waals surface area contributed by atoms with Crippen molar-refractivity contribution in [2.45, 2.75) is 66.1 Å². The molecule has 0 aromatic heterocycles. The first kappa shape index (κ1) is 27.0. The molecule has 36 heavy (non-hydrogen) atoms. The molecule has 0 saturated carbocycles. The van der Waals surface area contributed by atoms with Crippen LogP contribution in [0.15, 0.2) is 72.8 Å². The van der Waals surface area contributed by atoms with Gasteiger partial charge in [0.2, 0.25) is 5.91 Å². The van der Waals surface area contributed by atoms with Gasteiger partial charge in [0, 0.05) is 18.5 Å². The number of aryl methyl sites for hydroxylation is 3. The minimum absolute atomic E-state index is 0.150. The molecule has 0 aliphatic heterocycles. The highest BCUT2D eigenvalue weighted by molar-refractivity contribution is 5.89. The predicted molar refractivity (Wildman–Crippen MR) is 145 cm³/mol. The minimum Gasteiger partial charge on any atom is -0.484 e. The highest BCUT2D eigenvalue weighted by Gasteiger charge is 2.32. The number of amides is 2. The number of carbonyl (C=O) groups excluding carboxylic acids is 2. The summed E-state index contributed by atoms with van der Waals surface area (Å²) in [6, 6.07) is 23.0. The topological polar surface area (TPSA) is 58.6 Å². The number of ether oxygens (including phenoxy) is 1. The number of hydrogen-bond donors (Lipinski definition) is 1. The summed E-state index contributed by atoms with van der Waals surface area (Å²) in [6.45, 7) is 12.0. The van der Waals surface area contributed by atoms with E-state index < -0.39 is 11.6 Å². The van der Waals surface area contributed by atoms with Crippen LogP contribution in [0.1, 0.15) is 48.6 Å². The van der Waals surface area contributed by atoms with Crippen LogP contribution in [-0.4, -0.2) is 34.9 Å². The average molecular weight is 487 g/mol. The van der Waals surface area contributed by atoms with Crippen molar-refractivity contribution >= 4 is 11.8 Å². The van der Waals surface area contributed by atoms with Gasteiger partial charge in [0.15, 0.2) is 6.61 Å². The van der Waals surface area contributed by atoms with E-state index in [2.05, 4.69) is 11.4 Å². The van der Waals surface area contributed by atoms with E-state index in [1.54, 1.807) is 4.90 Å². The van der Waals surface area contributed by atoms with Crippen molar-refractivity contribution in [2.75, 3.05) is 6.61 Å². The lowest BCUT2D eigenvalue weighted by molar-refractivity contribution is -0.143. The van der Waals surface area contributed by atoms with Gasteiger partial charge >= 0.3 is 0 Å². The summed E-state index contributed by atoms with van der Waals surface area (Å²) in [7, 11) is 0. The third kappa shape index (κ3) is 7.98. The number of rotatable bonds is 9. The largest absolute Gasteiger partial charge is 0.484 e. The molecule has 0 fully saturated rings. The van der Waals surface area contributed by atoms with Crippen molar-refractivity contribution in [1.29, 1.82) is 0 Å². The van der Waals surface area contributed by atoms with Crippen LogP contribution in [0.25, 0.3) is 0 Å². The lowest BCUT2D eigenvalue weighted by atomic mass is 10.00. The van der Waals surface area contributed by atoms with Gasteiger partial charge < -0.3 is 15.0 Å². The Morgan fingerprint density at radius 1 is 0.889 bits per heavy atom. The molecule has 3 rings (SSSR count). The Labute approximate surface area is 215 Å². The van der Waals surface area contributed by atoms with Gasteiger partial charge in [-0.15, -0.1) is 0 Å². The molecule has 3 aromatic carbocycles. The number of nitrogens with one attached hydrogen (secondary N) is 1. The van der Waals surface area contributed by atoms with Gasteiger partial charge in [-0.05, 0) is 81.5 Å². The summed E-state index contributed by atoms with van der Waals surface area (Å²) in [4.78, 5) is 29.0. The van der Waals surface area contributed by atoms with E-state index in [-0.39, 0.29) is 18.4 Å². The molecule has 0 saturated heterocycles. The Balaban J connectivity index is 1.95. The van der Waals surface area contributed by atoms with Crippen molar-refractivity contribution in [3.05, 3.63) is 101 Å². The van der Waals surface area contributed by atoms with Crippen LogP contribution >= 0.6 is 0 Å². The molecule has 0 radical (unpaired) electrons. The van der Waals surface area contributed by atoms with Crippen molar-refractivity contribution in [3.8, 4) is 5.75 Å². The molecule has 5 heteroatoms. The maximum Gasteiger partial charge on any atom is 0.261 e. The van der Waals surface area contributed by atoms with Crippen LogP contribution in [0, 0.1) is 20.8 Å². The lowest BCUT2D eigenvalue weighted by Crippen LogP contribution is -2.55. The Kier molecular flexibility index (Phi) is 8.92. The van der Waals surface area contributed by atoms with E-state index in [1.165, 1.54) is 0 Å². The summed E-state index contributed by atoms with van der Waals surface area (Å²) >= 11 is 0. The monoisotopic (exact) mass is 486 g/mol. The van der Waals surface area contributed by atoms with Gasteiger partial charge in [0.1, 0.15) is 11.8 Å². The van der Waals surface area contributed by atoms with Gasteiger partial charge in [-0.2, -0.15) is 0 Å². The SMILES string of the molecule is Cc1cc(C)cc(OCC(=O)N(Cc2ccccc2C)[C@H](Cc2ccccc2)C(=O)NC(C)(C)C)c1. The van der Waals surface area contributed by atoms with E-state index in [9.17, 15) is 9.59 Å². The maximum absolute atomic E-state index is 13.7. The molecule has 1 N–H and O–H groups in total. The van der Waals surface area contributed by atoms with E-state index in [0.29, 0.717) is 18.7 Å². The summed E-state index contributed by atoms with van der Waals surface area (Å²) in [5.74, 6) is 0.234. The van der Waals surface area contributed by atoms with Crippen LogP contribution in [0.4, 0.5) is 0 Å². The van der Waals surface area contributed by atoms with Crippen molar-refractivity contribution in [2.24, 2.45) is 0 Å². The second-order valence-corrected chi connectivity index (χ2v) is 10.5. The van der Waals surface area contributed by atoms with E-state index in [4.69, 9.17) is 4.74 Å². The van der Waals surface area contributed by atoms with Crippen molar-refractivity contribution < 1.29 is 14.3 Å². The fourth-order valence-corrected chi connectivity index (χ4v) is 4.22. The third-order valence-electron chi connectivity index (χ3n) is 5.93. The molecule has 0 bridgehead atoms. The molecular formula is C31H38N2O3. The van der Waals surface area contributed by atoms with E-state index in [1.807, 2.05) is 108 Å². The van der Waals surface area contributed by atoms with Gasteiger partial charge in [-0.25, -0.2) is 0 Å². The Hall–Kier alpha value is -3.60. The van der Waals surface area contributed by atoms with Crippen molar-refractivity contribution in [1.82, 2.24) is 10.2 Å². The Bertz CT molecular complexity index is 1160. The number of carbonyl (C=O) groups is 2. The number of hydrogen-bond acceptors (Lipinski definition) is 3. The molecular weight excluding hydrogens is 448 g/mol. The summed E-state index contributed by atoms with van der Waals surface area (Å²) < 4.78 is 5.94. The second kappa shape index (κ2) is 11.9. The summed E-state index contributed by atoms with van der Waals surface area (Å²) in [5, 5.41) is 3.09. The molecule has 1 atom stereocenters. The first-order chi connectivity index (χ1) is 17.0. The molecule has 0 unspecified atom stereocenters. The second-order valence-electron chi connectivity index (χ2n) is 10.5. The standard InChI is InChI=1S/C31H38N2O3/c1-22-16-23(2)18-27(17-22)36-21-29(34)33(20-26-15-11-10-12-24(26)3)28(30(35)32-31(4,5)6)19-25-13-8-7-9-14-25/h7-18,28H,19-21H2,1-6H3,(H,32,35)/t28-/m1/s1. The molecule has 0 heterocycles. The molecule has 3 aromatic rings. The zero-order valence-electron chi connectivity index (χ0n) is 22.3. The lowest BCUT2D eigenvalue weighted by Gasteiger charge is -2.34. The minimum atomic E-state index is -0.693. The van der Waals surface area contributed by atoms with Crippen molar-refractivity contribution in [3.63, 3.8) is 0 Å². The molecule has 5 nitrogen and oxygen atoms in total. The third-order valence-corrected chi connectivity index (χ3v) is 5.93. The molecule has 190 valence electrons. The summed E-state index contributed by atoms with van der Waals surface area (Å²) in [5.41, 5.74) is 4.77. The Morgan fingerprint density at radius 2 is 1.50 bits per heavy atom. The normalized spacial score (nSPS) is 12.1. The highest BCUT2D eigenvalue weighted by atomic mass is 16.5. The van der Waals surface area contributed by atoms with Gasteiger partial charge in [-0.1, -0.05) is 60.7 Å². The highest BCUT2D eigenvalue weighted by Crippen LogP contribution is 2.20. The Morgan fingerprint density at radius 3 is 2.11 bits per heavy atom. The van der Waals surface area contributed by atoms with Gasteiger partial charge in [0.05, 0.1) is 0 Å². The fraction of sp³-hybridized carbons (Fsp3) is 0.355. The quantitative estimate of drug-likeness (QED) is 0.432. The van der Waals surface area contributed by atoms with E-state index >= 15 is 0 Å². The maximum atomic E-state index is 13.7. The summed E-state index contributed by atoms with van der Waals surface area (Å²) in [6.07, 6.45) is 0.407. The van der Waals surface area contributed by atoms with E-state index in [0.717, 1.165) is 27.8 Å². The molecule has 0 spiro atoms. The number of benzene rings is 3. The smallest absolute Gasteiger partial charge is 0.261 e. The molecule has 0 aliphatic rings. The van der Waals surface area contributed by atoms with Crippen LogP contribution < -0.4 is 10.1 Å². The predicted octanol–water partition coefficient (Wildman–Crippen LogP) is 5.55. The first-order valence-electron chi connectivity index (χ1n) is 12.4. The fourth-order valence-electron chi connectivity index (χ4n) is 4.22. The molecule has 0 aliphatic carbocycles. The van der Waals surface area contributed by atoms with Crippen LogP contribution in [0.2, 0.25) is 0 Å². The zero-order chi connectivity index (χ0) is 26.3. The number of nitrogens with zero attached hydrogens (tertiary/aromatic N) is 1. The first-order valence-corrected chi connectivity index (χ1v) is 12.4. The van der Waals surface area contributed by atoms with Crippen LogP contribution in [0.5, 0.6) is 5.75 Å². The van der Waals surface area contributed by atoms with Gasteiger partial charge in [0.25, 0.3) is 5.91 Å². The van der Waals surface area contributed by atoms with Crippen LogP contribution in [-0.2, 0) is 22.6 Å².